The number of nitrogens with one attached hydrogen (secondary N) is 1. The second-order valence-corrected chi connectivity index (χ2v) is 9.69. The number of H-pyrrole nitrogens is 1. The SMILES string of the molecule is Cc1cc(/C(O)=C2\C(=O)C(=O)N(c3cccc(F)c3)C2c2c[nH]c3ccccc23)ccc1OCc1ccccc1. The maximum atomic E-state index is 14.2. The number of anilines is 1. The normalized spacial score (nSPS) is 16.6. The molecule has 6 nitrogen and oxygen atoms in total. The van der Waals surface area contributed by atoms with Crippen molar-refractivity contribution in [2.24, 2.45) is 0 Å². The van der Waals surface area contributed by atoms with Crippen LogP contribution < -0.4 is 9.64 Å². The topological polar surface area (TPSA) is 82.6 Å². The van der Waals surface area contributed by atoms with Gasteiger partial charge in [-0.1, -0.05) is 54.6 Å². The average Bonchev–Trinajstić information content (AvgIpc) is 3.50. The van der Waals surface area contributed by atoms with Crippen LogP contribution in [-0.2, 0) is 16.2 Å². The molecule has 0 spiro atoms. The molecule has 198 valence electrons. The second kappa shape index (κ2) is 10.2. The number of halogens is 1. The number of rotatable bonds is 6. The number of aliphatic hydroxyl groups excluding tert-OH is 1. The number of amides is 1. The van der Waals surface area contributed by atoms with Crippen molar-refractivity contribution in [3.05, 3.63) is 137 Å². The van der Waals surface area contributed by atoms with Gasteiger partial charge in [0.05, 0.1) is 11.6 Å². The number of ketones is 1. The second-order valence-electron chi connectivity index (χ2n) is 9.69. The number of benzene rings is 4. The highest BCUT2D eigenvalue weighted by atomic mass is 19.1. The number of para-hydroxylation sites is 1. The zero-order valence-corrected chi connectivity index (χ0v) is 21.6. The van der Waals surface area contributed by atoms with Gasteiger partial charge in [-0.2, -0.15) is 0 Å². The summed E-state index contributed by atoms with van der Waals surface area (Å²) >= 11 is 0. The molecular formula is C33H25FN2O4. The van der Waals surface area contributed by atoms with Gasteiger partial charge in [0.25, 0.3) is 11.7 Å². The summed E-state index contributed by atoms with van der Waals surface area (Å²) in [7, 11) is 0. The van der Waals surface area contributed by atoms with Gasteiger partial charge in [0.1, 0.15) is 23.9 Å². The van der Waals surface area contributed by atoms with E-state index >= 15 is 0 Å². The minimum Gasteiger partial charge on any atom is -0.507 e. The van der Waals surface area contributed by atoms with Crippen molar-refractivity contribution in [3.8, 4) is 5.75 Å². The maximum absolute atomic E-state index is 14.2. The first kappa shape index (κ1) is 25.1. The molecular weight excluding hydrogens is 507 g/mol. The summed E-state index contributed by atoms with van der Waals surface area (Å²) in [6, 6.07) is 26.9. The van der Waals surface area contributed by atoms with Crippen molar-refractivity contribution < 1.29 is 23.8 Å². The number of fused-ring (bicyclic) bond motifs is 1. The molecule has 1 aromatic heterocycles. The molecule has 1 unspecified atom stereocenters. The molecule has 0 saturated carbocycles. The van der Waals surface area contributed by atoms with E-state index in [4.69, 9.17) is 4.74 Å². The third-order valence-corrected chi connectivity index (χ3v) is 7.13. The van der Waals surface area contributed by atoms with E-state index in [2.05, 4.69) is 4.98 Å². The van der Waals surface area contributed by atoms with Gasteiger partial charge in [-0.3, -0.25) is 14.5 Å². The van der Waals surface area contributed by atoms with Crippen LogP contribution in [0.3, 0.4) is 0 Å². The third kappa shape index (κ3) is 4.41. The minimum absolute atomic E-state index is 0.0728. The number of aryl methyl sites for hydroxylation is 1. The molecule has 1 saturated heterocycles. The number of Topliss-reactive ketones (excluding diaryl/α,β-unsaturated/α-hetero) is 1. The quantitative estimate of drug-likeness (QED) is 0.143. The lowest BCUT2D eigenvalue weighted by atomic mass is 9.94. The van der Waals surface area contributed by atoms with Crippen LogP contribution in [0.1, 0.15) is 28.3 Å². The number of aromatic nitrogens is 1. The lowest BCUT2D eigenvalue weighted by molar-refractivity contribution is -0.132. The number of carbonyl (C=O) groups excluding carboxylic acids is 2. The molecule has 5 aromatic rings. The van der Waals surface area contributed by atoms with Crippen molar-refractivity contribution >= 4 is 34.0 Å². The number of hydrogen-bond donors (Lipinski definition) is 2. The molecule has 2 N–H and O–H groups in total. The number of nitrogens with zero attached hydrogens (tertiary/aromatic N) is 1. The molecule has 1 aliphatic heterocycles. The number of aromatic amines is 1. The Morgan fingerprint density at radius 1 is 0.950 bits per heavy atom. The Labute approximate surface area is 230 Å². The van der Waals surface area contributed by atoms with Gasteiger partial charge in [0.2, 0.25) is 0 Å². The maximum Gasteiger partial charge on any atom is 0.300 e. The summed E-state index contributed by atoms with van der Waals surface area (Å²) in [6.07, 6.45) is 1.71. The van der Waals surface area contributed by atoms with Crippen LogP contribution in [0, 0.1) is 12.7 Å². The highest BCUT2D eigenvalue weighted by Crippen LogP contribution is 2.44. The van der Waals surface area contributed by atoms with Gasteiger partial charge in [-0.15, -0.1) is 0 Å². The van der Waals surface area contributed by atoms with E-state index in [1.54, 1.807) is 30.5 Å². The Hall–Kier alpha value is -5.17. The summed E-state index contributed by atoms with van der Waals surface area (Å²) in [5.41, 5.74) is 3.70. The molecule has 1 atom stereocenters. The molecule has 4 aromatic carbocycles. The van der Waals surface area contributed by atoms with Crippen LogP contribution in [0.5, 0.6) is 5.75 Å². The molecule has 0 aliphatic carbocycles. The lowest BCUT2D eigenvalue weighted by Gasteiger charge is -2.25. The van der Waals surface area contributed by atoms with E-state index < -0.39 is 23.5 Å². The molecule has 1 aliphatic rings. The molecule has 7 heteroatoms. The van der Waals surface area contributed by atoms with E-state index in [-0.39, 0.29) is 17.0 Å². The van der Waals surface area contributed by atoms with Crippen LogP contribution in [-0.4, -0.2) is 21.8 Å². The first-order valence-corrected chi connectivity index (χ1v) is 12.8. The van der Waals surface area contributed by atoms with Gasteiger partial charge < -0.3 is 14.8 Å². The predicted octanol–water partition coefficient (Wildman–Crippen LogP) is 6.82. The van der Waals surface area contributed by atoms with Crippen molar-refractivity contribution in [3.63, 3.8) is 0 Å². The first-order valence-electron chi connectivity index (χ1n) is 12.8. The third-order valence-electron chi connectivity index (χ3n) is 7.13. The van der Waals surface area contributed by atoms with E-state index in [0.717, 1.165) is 22.0 Å². The summed E-state index contributed by atoms with van der Waals surface area (Å²) in [5.74, 6) is -1.92. The number of ether oxygens (including phenoxy) is 1. The van der Waals surface area contributed by atoms with Crippen LogP contribution in [0.25, 0.3) is 16.7 Å². The Bertz CT molecular complexity index is 1790. The lowest BCUT2D eigenvalue weighted by Crippen LogP contribution is -2.29. The monoisotopic (exact) mass is 532 g/mol. The van der Waals surface area contributed by atoms with Crippen molar-refractivity contribution in [1.82, 2.24) is 4.98 Å². The van der Waals surface area contributed by atoms with Crippen LogP contribution in [0.2, 0.25) is 0 Å². The molecule has 1 fully saturated rings. The van der Waals surface area contributed by atoms with Gasteiger partial charge in [0.15, 0.2) is 0 Å². The Balaban J connectivity index is 1.45. The summed E-state index contributed by atoms with van der Waals surface area (Å²) in [5, 5.41) is 12.3. The van der Waals surface area contributed by atoms with Crippen molar-refractivity contribution in [2.75, 3.05) is 4.90 Å². The Morgan fingerprint density at radius 2 is 1.73 bits per heavy atom. The summed E-state index contributed by atoms with van der Waals surface area (Å²) in [4.78, 5) is 31.4. The van der Waals surface area contributed by atoms with Gasteiger partial charge >= 0.3 is 0 Å². The molecule has 0 radical (unpaired) electrons. The highest BCUT2D eigenvalue weighted by Gasteiger charge is 2.47. The molecule has 1 amide bonds. The fraction of sp³-hybridized carbons (Fsp3) is 0.0909. The zero-order chi connectivity index (χ0) is 27.8. The Morgan fingerprint density at radius 3 is 2.50 bits per heavy atom. The van der Waals surface area contributed by atoms with E-state index in [0.29, 0.717) is 23.5 Å². The van der Waals surface area contributed by atoms with E-state index in [1.807, 2.05) is 61.5 Å². The molecule has 0 bridgehead atoms. The van der Waals surface area contributed by atoms with Gasteiger partial charge in [0, 0.05) is 33.9 Å². The smallest absolute Gasteiger partial charge is 0.300 e. The number of hydrogen-bond acceptors (Lipinski definition) is 4. The largest absolute Gasteiger partial charge is 0.507 e. The fourth-order valence-electron chi connectivity index (χ4n) is 5.19. The summed E-state index contributed by atoms with van der Waals surface area (Å²) in [6.45, 7) is 2.23. The Kier molecular flexibility index (Phi) is 6.40. The van der Waals surface area contributed by atoms with Gasteiger partial charge in [-0.05, 0) is 60.5 Å². The standard InChI is InChI=1S/C33H25FN2O4/c1-20-16-22(14-15-28(20)40-19-21-8-3-2-4-9-21)31(37)29-30(26-18-35-27-13-6-5-12-25(26)27)36(33(39)32(29)38)24-11-7-10-23(34)17-24/h2-18,30,35,37H,19H2,1H3/b31-29+. The van der Waals surface area contributed by atoms with Crippen LogP contribution in [0.4, 0.5) is 10.1 Å². The molecule has 2 heterocycles. The highest BCUT2D eigenvalue weighted by molar-refractivity contribution is 6.51. The van der Waals surface area contributed by atoms with Crippen molar-refractivity contribution in [2.45, 2.75) is 19.6 Å². The van der Waals surface area contributed by atoms with Gasteiger partial charge in [-0.25, -0.2) is 4.39 Å². The zero-order valence-electron chi connectivity index (χ0n) is 21.6. The molecule has 6 rings (SSSR count). The van der Waals surface area contributed by atoms with Crippen molar-refractivity contribution in [1.29, 1.82) is 0 Å². The van der Waals surface area contributed by atoms with E-state index in [1.165, 1.54) is 23.1 Å². The number of aliphatic hydroxyl groups is 1. The first-order chi connectivity index (χ1) is 19.4. The van der Waals surface area contributed by atoms with Crippen LogP contribution >= 0.6 is 0 Å². The van der Waals surface area contributed by atoms with Crippen LogP contribution in [0.15, 0.2) is 109 Å². The minimum atomic E-state index is -0.979. The fourth-order valence-corrected chi connectivity index (χ4v) is 5.19. The summed E-state index contributed by atoms with van der Waals surface area (Å²) < 4.78 is 20.2. The average molecular weight is 533 g/mol. The number of carbonyl (C=O) groups is 2. The van der Waals surface area contributed by atoms with E-state index in [9.17, 15) is 19.1 Å². The molecule has 40 heavy (non-hydrogen) atoms. The predicted molar refractivity (Wildman–Crippen MR) is 151 cm³/mol.